The number of amides is 2. The van der Waals surface area contributed by atoms with Crippen molar-refractivity contribution in [3.63, 3.8) is 0 Å². The molecule has 1 heterocycles. The van der Waals surface area contributed by atoms with Crippen LogP contribution in [0, 0.1) is 10.1 Å². The van der Waals surface area contributed by atoms with Gasteiger partial charge in [-0.3, -0.25) is 19.7 Å². The van der Waals surface area contributed by atoms with E-state index in [1.807, 2.05) is 0 Å². The molecule has 0 aliphatic rings. The highest BCUT2D eigenvalue weighted by Crippen LogP contribution is 2.24. The molecule has 3 N–H and O–H groups in total. The van der Waals surface area contributed by atoms with Crippen LogP contribution in [0.15, 0.2) is 42.6 Å². The number of benzene rings is 1. The van der Waals surface area contributed by atoms with Gasteiger partial charge in [-0.15, -0.1) is 0 Å². The van der Waals surface area contributed by atoms with E-state index in [2.05, 4.69) is 15.6 Å². The molecule has 0 fully saturated rings. The quantitative estimate of drug-likeness (QED) is 0.557. The van der Waals surface area contributed by atoms with Crippen molar-refractivity contribution in [2.24, 2.45) is 0 Å². The van der Waals surface area contributed by atoms with E-state index in [0.717, 1.165) is 12.3 Å². The first-order valence-electron chi connectivity index (χ1n) is 6.44. The fourth-order valence-corrected chi connectivity index (χ4v) is 1.67. The van der Waals surface area contributed by atoms with Crippen LogP contribution in [0.5, 0.6) is 5.75 Å². The molecule has 0 aliphatic heterocycles. The monoisotopic (exact) mass is 316 g/mol. The Hall–Kier alpha value is -3.49. The van der Waals surface area contributed by atoms with Crippen LogP contribution in [0.25, 0.3) is 0 Å². The minimum atomic E-state index is -0.724. The molecule has 9 nitrogen and oxygen atoms in total. The van der Waals surface area contributed by atoms with Gasteiger partial charge in [0.1, 0.15) is 6.20 Å². The number of aromatic hydroxyl groups is 1. The molecular formula is C14H12N4O5. The predicted molar refractivity (Wildman–Crippen MR) is 80.0 cm³/mol. The van der Waals surface area contributed by atoms with Crippen molar-refractivity contribution in [2.45, 2.75) is 0 Å². The van der Waals surface area contributed by atoms with E-state index < -0.39 is 28.2 Å². The molecule has 1 aromatic carbocycles. The van der Waals surface area contributed by atoms with Crippen LogP contribution >= 0.6 is 0 Å². The molecule has 9 heteroatoms. The number of rotatable bonds is 5. The molecule has 0 unspecified atom stereocenters. The van der Waals surface area contributed by atoms with Crippen LogP contribution in [0.1, 0.15) is 10.4 Å². The zero-order valence-electron chi connectivity index (χ0n) is 11.7. The Morgan fingerprint density at radius 3 is 2.57 bits per heavy atom. The molecule has 0 aliphatic carbocycles. The lowest BCUT2D eigenvalue weighted by atomic mass is 10.2. The van der Waals surface area contributed by atoms with Gasteiger partial charge in [0, 0.05) is 5.56 Å². The molecule has 0 saturated heterocycles. The van der Waals surface area contributed by atoms with Crippen molar-refractivity contribution in [3.05, 3.63) is 58.3 Å². The first-order chi connectivity index (χ1) is 11.0. The van der Waals surface area contributed by atoms with Crippen LogP contribution in [0.3, 0.4) is 0 Å². The molecule has 0 bridgehead atoms. The number of aromatic nitrogens is 1. The number of carbonyl (C=O) groups is 2. The number of nitro groups is 1. The van der Waals surface area contributed by atoms with Gasteiger partial charge in [0.25, 0.3) is 11.6 Å². The Morgan fingerprint density at radius 2 is 1.96 bits per heavy atom. The first kappa shape index (κ1) is 15.9. The lowest BCUT2D eigenvalue weighted by molar-refractivity contribution is -0.385. The maximum atomic E-state index is 11.8. The lowest BCUT2D eigenvalue weighted by Crippen LogP contribution is -2.33. The van der Waals surface area contributed by atoms with Gasteiger partial charge < -0.3 is 15.7 Å². The Morgan fingerprint density at radius 1 is 1.26 bits per heavy atom. The van der Waals surface area contributed by atoms with Gasteiger partial charge in [0.2, 0.25) is 5.91 Å². The van der Waals surface area contributed by atoms with Crippen molar-refractivity contribution >= 4 is 23.3 Å². The minimum absolute atomic E-state index is 0.227. The van der Waals surface area contributed by atoms with Crippen LogP contribution in [0.2, 0.25) is 0 Å². The number of pyridine rings is 1. The van der Waals surface area contributed by atoms with E-state index in [0.29, 0.717) is 5.56 Å². The van der Waals surface area contributed by atoms with Crippen molar-refractivity contribution in [3.8, 4) is 5.75 Å². The third kappa shape index (κ3) is 4.24. The number of hydrogen-bond donors (Lipinski definition) is 3. The second kappa shape index (κ2) is 6.98. The number of carbonyl (C=O) groups excluding carboxylic acids is 2. The average Bonchev–Trinajstić information content (AvgIpc) is 2.55. The fourth-order valence-electron chi connectivity index (χ4n) is 1.67. The van der Waals surface area contributed by atoms with Gasteiger partial charge in [-0.05, 0) is 12.1 Å². The third-order valence-electron chi connectivity index (χ3n) is 2.77. The fraction of sp³-hybridized carbons (Fsp3) is 0.0714. The highest BCUT2D eigenvalue weighted by molar-refractivity contribution is 5.99. The van der Waals surface area contributed by atoms with Crippen LogP contribution < -0.4 is 10.6 Å². The Labute approximate surface area is 130 Å². The normalized spacial score (nSPS) is 9.91. The van der Waals surface area contributed by atoms with Crippen molar-refractivity contribution in [1.29, 1.82) is 0 Å². The summed E-state index contributed by atoms with van der Waals surface area (Å²) in [6.45, 7) is -0.341. The lowest BCUT2D eigenvalue weighted by Gasteiger charge is -2.07. The number of nitrogens with one attached hydrogen (secondary N) is 2. The number of nitrogens with zero attached hydrogens (tertiary/aromatic N) is 2. The van der Waals surface area contributed by atoms with Crippen molar-refractivity contribution in [1.82, 2.24) is 10.3 Å². The van der Waals surface area contributed by atoms with Crippen molar-refractivity contribution in [2.75, 3.05) is 11.9 Å². The highest BCUT2D eigenvalue weighted by Gasteiger charge is 2.14. The molecular weight excluding hydrogens is 304 g/mol. The predicted octanol–water partition coefficient (Wildman–Crippen LogP) is 1.06. The SMILES string of the molecule is O=C(CNC(=O)c1ccccc1)Nc1ncc([N+](=O)[O-])cc1O. The average molecular weight is 316 g/mol. The summed E-state index contributed by atoms with van der Waals surface area (Å²) in [5, 5.41) is 24.7. The molecule has 0 atom stereocenters. The summed E-state index contributed by atoms with van der Waals surface area (Å²) < 4.78 is 0. The Kier molecular flexibility index (Phi) is 4.82. The summed E-state index contributed by atoms with van der Waals surface area (Å²) in [6.07, 6.45) is 0.901. The second-order valence-corrected chi connectivity index (χ2v) is 4.42. The smallest absolute Gasteiger partial charge is 0.291 e. The zero-order valence-corrected chi connectivity index (χ0v) is 11.7. The molecule has 2 aromatic rings. The number of anilines is 1. The maximum absolute atomic E-state index is 11.8. The minimum Gasteiger partial charge on any atom is -0.504 e. The third-order valence-corrected chi connectivity index (χ3v) is 2.77. The molecule has 0 spiro atoms. The summed E-state index contributed by atoms with van der Waals surface area (Å²) in [4.78, 5) is 36.8. The van der Waals surface area contributed by atoms with Crippen LogP contribution in [0.4, 0.5) is 11.5 Å². The topological polar surface area (TPSA) is 134 Å². The molecule has 118 valence electrons. The first-order valence-corrected chi connectivity index (χ1v) is 6.44. The summed E-state index contributed by atoms with van der Waals surface area (Å²) in [7, 11) is 0. The van der Waals surface area contributed by atoms with Gasteiger partial charge in [-0.25, -0.2) is 4.98 Å². The van der Waals surface area contributed by atoms with E-state index >= 15 is 0 Å². The summed E-state index contributed by atoms with van der Waals surface area (Å²) in [5.41, 5.74) is -0.00510. The summed E-state index contributed by atoms with van der Waals surface area (Å²) >= 11 is 0. The van der Waals surface area contributed by atoms with E-state index in [1.54, 1.807) is 30.3 Å². The van der Waals surface area contributed by atoms with E-state index in [1.165, 1.54) is 0 Å². The van der Waals surface area contributed by atoms with Crippen LogP contribution in [-0.4, -0.2) is 33.4 Å². The molecule has 1 aromatic heterocycles. The standard InChI is InChI=1S/C14H12N4O5/c19-11-6-10(18(22)23)7-15-13(11)17-12(20)8-16-14(21)9-4-2-1-3-5-9/h1-7,19H,8H2,(H,16,21)(H,15,17,20). The highest BCUT2D eigenvalue weighted by atomic mass is 16.6. The molecule has 23 heavy (non-hydrogen) atoms. The van der Waals surface area contributed by atoms with Gasteiger partial charge in [-0.2, -0.15) is 0 Å². The van der Waals surface area contributed by atoms with Crippen LogP contribution in [-0.2, 0) is 4.79 Å². The van der Waals surface area contributed by atoms with E-state index in [4.69, 9.17) is 0 Å². The molecule has 0 radical (unpaired) electrons. The maximum Gasteiger partial charge on any atom is 0.291 e. The second-order valence-electron chi connectivity index (χ2n) is 4.42. The zero-order chi connectivity index (χ0) is 16.8. The summed E-state index contributed by atoms with van der Waals surface area (Å²) in [5.74, 6) is -1.83. The van der Waals surface area contributed by atoms with E-state index in [9.17, 15) is 24.8 Å². The van der Waals surface area contributed by atoms with Gasteiger partial charge in [0.15, 0.2) is 11.6 Å². The Balaban J connectivity index is 1.92. The van der Waals surface area contributed by atoms with Gasteiger partial charge in [-0.1, -0.05) is 18.2 Å². The van der Waals surface area contributed by atoms with Gasteiger partial charge >= 0.3 is 0 Å². The van der Waals surface area contributed by atoms with Gasteiger partial charge in [0.05, 0.1) is 17.5 Å². The summed E-state index contributed by atoms with van der Waals surface area (Å²) in [6, 6.07) is 9.19. The van der Waals surface area contributed by atoms with Crippen molar-refractivity contribution < 1.29 is 19.6 Å². The van der Waals surface area contributed by atoms with E-state index in [-0.39, 0.29) is 12.4 Å². The molecule has 2 rings (SSSR count). The molecule has 0 saturated carbocycles. The Bertz CT molecular complexity index is 748. The number of hydrogen-bond acceptors (Lipinski definition) is 6. The molecule has 2 amide bonds. The largest absolute Gasteiger partial charge is 0.504 e.